The Morgan fingerprint density at radius 1 is 1.26 bits per heavy atom. The summed E-state index contributed by atoms with van der Waals surface area (Å²) >= 11 is 6.91. The molecule has 2 aromatic rings. The molecule has 0 bridgehead atoms. The Kier molecular flexibility index (Phi) is 6.87. The van der Waals surface area contributed by atoms with Crippen LogP contribution in [-0.4, -0.2) is 25.2 Å². The number of fused-ring (bicyclic) bond motifs is 1. The third kappa shape index (κ3) is 5.00. The molecule has 2 N–H and O–H groups in total. The van der Waals surface area contributed by atoms with Gasteiger partial charge in [-0.25, -0.2) is 0 Å². The second-order valence-electron chi connectivity index (χ2n) is 8.60. The topological polar surface area (TPSA) is 83.4 Å². The summed E-state index contributed by atoms with van der Waals surface area (Å²) < 4.78 is 10.4. The quantitative estimate of drug-likeness (QED) is 0.635. The lowest BCUT2D eigenvalue weighted by Crippen LogP contribution is -2.34. The number of rotatable bonds is 4. The maximum absolute atomic E-state index is 12.6. The molecule has 1 atom stereocenters. The van der Waals surface area contributed by atoms with E-state index in [1.54, 1.807) is 29.5 Å². The number of nitriles is 1. The fourth-order valence-electron chi connectivity index (χ4n) is 3.82. The van der Waals surface area contributed by atoms with E-state index in [4.69, 9.17) is 21.7 Å². The summed E-state index contributed by atoms with van der Waals surface area (Å²) in [5, 5.41) is 16.3. The van der Waals surface area contributed by atoms with Gasteiger partial charge < -0.3 is 14.8 Å². The Labute approximate surface area is 192 Å². The van der Waals surface area contributed by atoms with Crippen molar-refractivity contribution in [3.05, 3.63) is 39.8 Å². The van der Waals surface area contributed by atoms with Gasteiger partial charge in [-0.15, -0.1) is 11.3 Å². The van der Waals surface area contributed by atoms with Crippen molar-refractivity contribution in [2.24, 2.45) is 11.3 Å². The maximum atomic E-state index is 12.6. The number of amides is 1. The van der Waals surface area contributed by atoms with Gasteiger partial charge in [-0.05, 0) is 66.6 Å². The zero-order valence-electron chi connectivity index (χ0n) is 18.4. The minimum absolute atomic E-state index is 0.155. The first-order valence-corrected chi connectivity index (χ1v) is 11.3. The van der Waals surface area contributed by atoms with Crippen molar-refractivity contribution in [1.29, 1.82) is 5.26 Å². The lowest BCUT2D eigenvalue weighted by Gasteiger charge is -2.33. The third-order valence-electron chi connectivity index (χ3n) is 5.70. The van der Waals surface area contributed by atoms with Gasteiger partial charge in [0.25, 0.3) is 5.91 Å². The first kappa shape index (κ1) is 23.0. The number of ether oxygens (including phenoxy) is 2. The number of carbonyl (C=O) groups excluding carboxylic acids is 1. The molecule has 0 aliphatic heterocycles. The van der Waals surface area contributed by atoms with Gasteiger partial charge in [0.2, 0.25) is 0 Å². The predicted molar refractivity (Wildman–Crippen MR) is 127 cm³/mol. The SMILES string of the molecule is COc1ccc(C(=O)NC(=S)Nc2sc3c(c2C#N)CC[C@H](C(C)(C)C)C3)cc1OC. The van der Waals surface area contributed by atoms with Gasteiger partial charge >= 0.3 is 0 Å². The molecule has 0 radical (unpaired) electrons. The molecular weight excluding hydrogens is 430 g/mol. The summed E-state index contributed by atoms with van der Waals surface area (Å²) in [6.45, 7) is 6.79. The number of hydrogen-bond acceptors (Lipinski definition) is 6. The van der Waals surface area contributed by atoms with Crippen molar-refractivity contribution in [3.8, 4) is 17.6 Å². The first-order chi connectivity index (χ1) is 14.7. The molecule has 1 amide bonds. The summed E-state index contributed by atoms with van der Waals surface area (Å²) in [4.78, 5) is 13.9. The molecule has 8 heteroatoms. The summed E-state index contributed by atoms with van der Waals surface area (Å²) in [5.74, 6) is 1.21. The normalized spacial score (nSPS) is 15.4. The smallest absolute Gasteiger partial charge is 0.257 e. The fraction of sp³-hybridized carbons (Fsp3) is 0.435. The van der Waals surface area contributed by atoms with Gasteiger partial charge in [-0.3, -0.25) is 10.1 Å². The van der Waals surface area contributed by atoms with Crippen molar-refractivity contribution in [3.63, 3.8) is 0 Å². The molecular formula is C23H27N3O3S2. The van der Waals surface area contributed by atoms with Crippen molar-refractivity contribution >= 4 is 39.6 Å². The molecule has 1 heterocycles. The van der Waals surface area contributed by atoms with Crippen LogP contribution in [0.2, 0.25) is 0 Å². The molecule has 0 unspecified atom stereocenters. The number of methoxy groups -OCH3 is 2. The molecule has 1 aliphatic rings. The highest BCUT2D eigenvalue weighted by atomic mass is 32.1. The largest absolute Gasteiger partial charge is 0.493 e. The maximum Gasteiger partial charge on any atom is 0.257 e. The van der Waals surface area contributed by atoms with Crippen LogP contribution in [0.4, 0.5) is 5.00 Å². The van der Waals surface area contributed by atoms with Crippen LogP contribution in [0.25, 0.3) is 0 Å². The predicted octanol–water partition coefficient (Wildman–Crippen LogP) is 4.91. The van der Waals surface area contributed by atoms with Crippen LogP contribution in [-0.2, 0) is 12.8 Å². The molecule has 0 saturated heterocycles. The number of benzene rings is 1. The van der Waals surface area contributed by atoms with Gasteiger partial charge in [-0.1, -0.05) is 20.8 Å². The van der Waals surface area contributed by atoms with Gasteiger partial charge in [-0.2, -0.15) is 5.26 Å². The molecule has 6 nitrogen and oxygen atoms in total. The van der Waals surface area contributed by atoms with Gasteiger partial charge in [0.1, 0.15) is 11.1 Å². The monoisotopic (exact) mass is 457 g/mol. The standard InChI is InChI=1S/C23H27N3O3S2/c1-23(2,3)14-7-8-15-16(12-24)21(31-19(15)11-14)26-22(30)25-20(27)13-6-9-17(28-4)18(10-13)29-5/h6,9-10,14H,7-8,11H2,1-5H3,(H2,25,26,27,30)/t14-/m0/s1. The molecule has 1 aliphatic carbocycles. The van der Waals surface area contributed by atoms with E-state index in [-0.39, 0.29) is 16.4 Å². The van der Waals surface area contributed by atoms with Crippen LogP contribution in [0.5, 0.6) is 11.5 Å². The van der Waals surface area contributed by atoms with E-state index >= 15 is 0 Å². The zero-order chi connectivity index (χ0) is 22.8. The Bertz CT molecular complexity index is 1050. The average Bonchev–Trinajstić information content (AvgIpc) is 3.08. The van der Waals surface area contributed by atoms with E-state index in [9.17, 15) is 10.1 Å². The highest BCUT2D eigenvalue weighted by Gasteiger charge is 2.32. The van der Waals surface area contributed by atoms with Crippen molar-refractivity contribution in [1.82, 2.24) is 5.32 Å². The lowest BCUT2D eigenvalue weighted by atomic mass is 9.72. The number of nitrogens with zero attached hydrogens (tertiary/aromatic N) is 1. The summed E-state index contributed by atoms with van der Waals surface area (Å²) in [6, 6.07) is 7.21. The van der Waals surface area contributed by atoms with E-state index < -0.39 is 0 Å². The van der Waals surface area contributed by atoms with Crippen LogP contribution in [0.15, 0.2) is 18.2 Å². The Balaban J connectivity index is 1.73. The Morgan fingerprint density at radius 2 is 1.97 bits per heavy atom. The molecule has 0 spiro atoms. The van der Waals surface area contributed by atoms with E-state index in [2.05, 4.69) is 37.5 Å². The first-order valence-electron chi connectivity index (χ1n) is 10.1. The number of thiocarbonyl (C=S) groups is 1. The highest BCUT2D eigenvalue weighted by molar-refractivity contribution is 7.80. The minimum Gasteiger partial charge on any atom is -0.493 e. The second-order valence-corrected chi connectivity index (χ2v) is 10.1. The minimum atomic E-state index is -0.369. The molecule has 3 rings (SSSR count). The fourth-order valence-corrected chi connectivity index (χ4v) is 5.36. The van der Waals surface area contributed by atoms with Gasteiger partial charge in [0, 0.05) is 10.4 Å². The summed E-state index contributed by atoms with van der Waals surface area (Å²) in [5.41, 5.74) is 2.37. The van der Waals surface area contributed by atoms with Crippen molar-refractivity contribution < 1.29 is 14.3 Å². The zero-order valence-corrected chi connectivity index (χ0v) is 20.1. The van der Waals surface area contributed by atoms with Crippen molar-refractivity contribution in [2.75, 3.05) is 19.5 Å². The molecule has 1 aromatic heterocycles. The number of thiophene rings is 1. The molecule has 0 fully saturated rings. The van der Waals surface area contributed by atoms with Crippen LogP contribution < -0.4 is 20.1 Å². The summed E-state index contributed by atoms with van der Waals surface area (Å²) in [6.07, 6.45) is 2.93. The number of anilines is 1. The molecule has 0 saturated carbocycles. The van der Waals surface area contributed by atoms with E-state index in [1.807, 2.05) is 0 Å². The third-order valence-corrected chi connectivity index (χ3v) is 7.08. The van der Waals surface area contributed by atoms with Crippen LogP contribution in [0.3, 0.4) is 0 Å². The van der Waals surface area contributed by atoms with E-state index in [1.165, 1.54) is 19.1 Å². The van der Waals surface area contributed by atoms with Crippen LogP contribution in [0, 0.1) is 22.7 Å². The van der Waals surface area contributed by atoms with Gasteiger partial charge in [0.15, 0.2) is 16.6 Å². The van der Waals surface area contributed by atoms with Crippen LogP contribution >= 0.6 is 23.6 Å². The average molecular weight is 458 g/mol. The second kappa shape index (κ2) is 9.25. The number of hydrogen-bond donors (Lipinski definition) is 2. The van der Waals surface area contributed by atoms with Gasteiger partial charge in [0.05, 0.1) is 19.8 Å². The van der Waals surface area contributed by atoms with Crippen LogP contribution in [0.1, 0.15) is 53.6 Å². The Morgan fingerprint density at radius 3 is 2.58 bits per heavy atom. The number of carbonyl (C=O) groups is 1. The molecule has 164 valence electrons. The molecule has 1 aromatic carbocycles. The van der Waals surface area contributed by atoms with E-state index in [0.29, 0.717) is 33.5 Å². The highest BCUT2D eigenvalue weighted by Crippen LogP contribution is 2.44. The Hall–Kier alpha value is -2.63. The summed E-state index contributed by atoms with van der Waals surface area (Å²) in [7, 11) is 3.05. The molecule has 31 heavy (non-hydrogen) atoms. The number of nitrogens with one attached hydrogen (secondary N) is 2. The lowest BCUT2D eigenvalue weighted by molar-refractivity contribution is 0.0977. The van der Waals surface area contributed by atoms with Crippen molar-refractivity contribution in [2.45, 2.75) is 40.0 Å². The van der Waals surface area contributed by atoms with E-state index in [0.717, 1.165) is 24.8 Å².